The second kappa shape index (κ2) is 5.14. The maximum Gasteiger partial charge on any atom is 0.296 e. The van der Waals surface area contributed by atoms with Gasteiger partial charge in [-0.15, -0.1) is 0 Å². The first-order chi connectivity index (χ1) is 7.10. The smallest absolute Gasteiger partial charge is 0.296 e. The molecule has 0 aliphatic carbocycles. The van der Waals surface area contributed by atoms with E-state index in [1.54, 1.807) is 12.1 Å². The molecule has 0 spiro atoms. The number of hydrogen-bond donors (Lipinski definition) is 0. The van der Waals surface area contributed by atoms with Crippen LogP contribution in [0.5, 0.6) is 5.75 Å². The molecular weight excluding hydrogens is 216 g/mol. The molecule has 0 atom stereocenters. The zero-order valence-corrected chi connectivity index (χ0v) is 9.58. The fourth-order valence-corrected chi connectivity index (χ4v) is 2.00. The Kier molecular flexibility index (Phi) is 4.11. The third-order valence-electron chi connectivity index (χ3n) is 1.79. The van der Waals surface area contributed by atoms with Gasteiger partial charge in [-0.1, -0.05) is 6.92 Å². The quantitative estimate of drug-likeness (QED) is 0.724. The normalized spacial score (nSPS) is 11.3. The average molecular weight is 230 g/mol. The molecule has 0 bridgehead atoms. The largest absolute Gasteiger partial charge is 0.497 e. The van der Waals surface area contributed by atoms with Crippen molar-refractivity contribution in [3.05, 3.63) is 24.3 Å². The first-order valence-corrected chi connectivity index (χ1v) is 6.04. The molecule has 0 fully saturated rings. The first kappa shape index (κ1) is 12.0. The van der Waals surface area contributed by atoms with E-state index in [4.69, 9.17) is 8.92 Å². The van der Waals surface area contributed by atoms with Crippen molar-refractivity contribution in [1.82, 2.24) is 0 Å². The highest BCUT2D eigenvalue weighted by atomic mass is 32.2. The minimum Gasteiger partial charge on any atom is -0.497 e. The van der Waals surface area contributed by atoms with Gasteiger partial charge in [0.2, 0.25) is 0 Å². The summed E-state index contributed by atoms with van der Waals surface area (Å²) in [5.74, 6) is 0.615. The second-order valence-electron chi connectivity index (χ2n) is 2.95. The van der Waals surface area contributed by atoms with Crippen LogP contribution in [0.25, 0.3) is 0 Å². The van der Waals surface area contributed by atoms with Gasteiger partial charge in [-0.05, 0) is 30.7 Å². The molecule has 0 N–H and O–H groups in total. The number of methoxy groups -OCH3 is 1. The Morgan fingerprint density at radius 2 is 1.80 bits per heavy atom. The Hall–Kier alpha value is -1.07. The molecule has 0 heterocycles. The zero-order valence-electron chi connectivity index (χ0n) is 8.76. The lowest BCUT2D eigenvalue weighted by Gasteiger charge is -2.05. The lowest BCUT2D eigenvalue weighted by atomic mass is 10.3. The minimum absolute atomic E-state index is 0.150. The van der Waals surface area contributed by atoms with E-state index in [0.29, 0.717) is 12.2 Å². The molecule has 15 heavy (non-hydrogen) atoms. The maximum absolute atomic E-state index is 11.5. The van der Waals surface area contributed by atoms with Crippen molar-refractivity contribution < 1.29 is 17.3 Å². The summed E-state index contributed by atoms with van der Waals surface area (Å²) < 4.78 is 32.8. The van der Waals surface area contributed by atoms with Gasteiger partial charge in [0.1, 0.15) is 5.75 Å². The summed E-state index contributed by atoms with van der Waals surface area (Å²) in [6.45, 7) is 2.05. The number of rotatable bonds is 5. The monoisotopic (exact) mass is 230 g/mol. The molecule has 0 saturated carbocycles. The molecule has 0 amide bonds. The second-order valence-corrected chi connectivity index (χ2v) is 4.57. The zero-order chi connectivity index (χ0) is 11.3. The molecule has 0 saturated heterocycles. The predicted octanol–water partition coefficient (Wildman–Crippen LogP) is 1.81. The lowest BCUT2D eigenvalue weighted by molar-refractivity contribution is 0.318. The summed E-state index contributed by atoms with van der Waals surface area (Å²) >= 11 is 0. The highest BCUT2D eigenvalue weighted by Gasteiger charge is 2.13. The Bertz CT molecular complexity index is 394. The maximum atomic E-state index is 11.5. The molecule has 0 unspecified atom stereocenters. The Labute approximate surface area is 90.0 Å². The topological polar surface area (TPSA) is 52.6 Å². The molecule has 5 heteroatoms. The van der Waals surface area contributed by atoms with Gasteiger partial charge in [0.05, 0.1) is 18.6 Å². The van der Waals surface area contributed by atoms with Crippen LogP contribution in [0.15, 0.2) is 29.2 Å². The van der Waals surface area contributed by atoms with Crippen molar-refractivity contribution >= 4 is 10.1 Å². The molecule has 0 aromatic heterocycles. The molecule has 0 radical (unpaired) electrons. The number of ether oxygens (including phenoxy) is 1. The van der Waals surface area contributed by atoms with Gasteiger partial charge < -0.3 is 4.74 Å². The third-order valence-corrected chi connectivity index (χ3v) is 3.12. The van der Waals surface area contributed by atoms with Crippen LogP contribution in [-0.2, 0) is 14.3 Å². The van der Waals surface area contributed by atoms with Crippen molar-refractivity contribution in [1.29, 1.82) is 0 Å². The van der Waals surface area contributed by atoms with Gasteiger partial charge in [-0.25, -0.2) is 0 Å². The average Bonchev–Trinajstić information content (AvgIpc) is 2.26. The predicted molar refractivity (Wildman–Crippen MR) is 56.4 cm³/mol. The van der Waals surface area contributed by atoms with E-state index in [9.17, 15) is 8.42 Å². The van der Waals surface area contributed by atoms with Crippen molar-refractivity contribution in [2.24, 2.45) is 0 Å². The number of hydrogen-bond acceptors (Lipinski definition) is 4. The minimum atomic E-state index is -3.60. The SMILES string of the molecule is CCCOS(=O)(=O)c1ccc(OC)cc1. The van der Waals surface area contributed by atoms with Gasteiger partial charge in [0.25, 0.3) is 10.1 Å². The first-order valence-electron chi connectivity index (χ1n) is 4.63. The van der Waals surface area contributed by atoms with Crippen LogP contribution in [0.2, 0.25) is 0 Å². The third kappa shape index (κ3) is 3.21. The van der Waals surface area contributed by atoms with Gasteiger partial charge >= 0.3 is 0 Å². The van der Waals surface area contributed by atoms with Crippen LogP contribution in [0, 0.1) is 0 Å². The van der Waals surface area contributed by atoms with Crippen LogP contribution >= 0.6 is 0 Å². The van der Waals surface area contributed by atoms with Crippen molar-refractivity contribution in [3.8, 4) is 5.75 Å². The summed E-state index contributed by atoms with van der Waals surface area (Å²) in [6, 6.07) is 6.10. The van der Waals surface area contributed by atoms with E-state index in [-0.39, 0.29) is 11.5 Å². The summed E-state index contributed by atoms with van der Waals surface area (Å²) in [4.78, 5) is 0.150. The van der Waals surface area contributed by atoms with Crippen LogP contribution in [-0.4, -0.2) is 22.1 Å². The van der Waals surface area contributed by atoms with Crippen LogP contribution in [0.3, 0.4) is 0 Å². The highest BCUT2D eigenvalue weighted by Crippen LogP contribution is 2.17. The van der Waals surface area contributed by atoms with E-state index < -0.39 is 10.1 Å². The van der Waals surface area contributed by atoms with E-state index in [0.717, 1.165) is 0 Å². The van der Waals surface area contributed by atoms with Crippen molar-refractivity contribution in [2.75, 3.05) is 13.7 Å². The lowest BCUT2D eigenvalue weighted by Crippen LogP contribution is -2.06. The summed E-state index contributed by atoms with van der Waals surface area (Å²) in [5, 5.41) is 0. The molecule has 0 aliphatic heterocycles. The van der Waals surface area contributed by atoms with E-state index in [2.05, 4.69) is 0 Å². The Morgan fingerprint density at radius 1 is 1.20 bits per heavy atom. The van der Waals surface area contributed by atoms with Crippen LogP contribution < -0.4 is 4.74 Å². The van der Waals surface area contributed by atoms with Crippen molar-refractivity contribution in [2.45, 2.75) is 18.2 Å². The molecule has 1 rings (SSSR count). The molecule has 4 nitrogen and oxygen atoms in total. The summed E-state index contributed by atoms with van der Waals surface area (Å²) in [5.41, 5.74) is 0. The fourth-order valence-electron chi connectivity index (χ4n) is 1.00. The van der Waals surface area contributed by atoms with Gasteiger partial charge in [-0.3, -0.25) is 4.18 Å². The van der Waals surface area contributed by atoms with Crippen LogP contribution in [0.4, 0.5) is 0 Å². The molecule has 1 aromatic carbocycles. The summed E-state index contributed by atoms with van der Waals surface area (Å²) in [7, 11) is -2.08. The standard InChI is InChI=1S/C10H14O4S/c1-3-8-14-15(11,12)10-6-4-9(13-2)5-7-10/h4-7H,3,8H2,1-2H3. The number of benzene rings is 1. The molecule has 1 aromatic rings. The van der Waals surface area contributed by atoms with E-state index >= 15 is 0 Å². The summed E-state index contributed by atoms with van der Waals surface area (Å²) in [6.07, 6.45) is 0.662. The van der Waals surface area contributed by atoms with Gasteiger partial charge in [0, 0.05) is 0 Å². The Balaban J connectivity index is 2.86. The molecule has 84 valence electrons. The highest BCUT2D eigenvalue weighted by molar-refractivity contribution is 7.86. The van der Waals surface area contributed by atoms with Crippen molar-refractivity contribution in [3.63, 3.8) is 0 Å². The van der Waals surface area contributed by atoms with Crippen LogP contribution in [0.1, 0.15) is 13.3 Å². The van der Waals surface area contributed by atoms with E-state index in [1.807, 2.05) is 6.92 Å². The molecular formula is C10H14O4S. The fraction of sp³-hybridized carbons (Fsp3) is 0.400. The van der Waals surface area contributed by atoms with E-state index in [1.165, 1.54) is 19.2 Å². The Morgan fingerprint density at radius 3 is 2.27 bits per heavy atom. The van der Waals surface area contributed by atoms with Gasteiger partial charge in [0.15, 0.2) is 0 Å². The molecule has 0 aliphatic rings. The van der Waals surface area contributed by atoms with Gasteiger partial charge in [-0.2, -0.15) is 8.42 Å².